The Morgan fingerprint density at radius 1 is 1.25 bits per heavy atom. The van der Waals surface area contributed by atoms with Gasteiger partial charge in [0.25, 0.3) is 0 Å². The number of aryl methyl sites for hydroxylation is 1. The van der Waals surface area contributed by atoms with Crippen LogP contribution in [0.1, 0.15) is 35.2 Å². The minimum absolute atomic E-state index is 0.00539. The molecular formula is C24H19ClF3N7O4S. The van der Waals surface area contributed by atoms with Gasteiger partial charge in [-0.1, -0.05) is 47.0 Å². The van der Waals surface area contributed by atoms with Crippen LogP contribution in [0, 0.1) is 6.92 Å². The fourth-order valence-electron chi connectivity index (χ4n) is 5.00. The quantitative estimate of drug-likeness (QED) is 0.188. The van der Waals surface area contributed by atoms with Crippen LogP contribution in [-0.4, -0.2) is 55.8 Å². The lowest BCUT2D eigenvalue weighted by atomic mass is 9.91. The maximum Gasteiger partial charge on any atom is 0.419 e. The SMILES string of the molecule is Cc1nc([C@@H]2OC3COC(c4ccccc4)O[C@@H]3C(N=[N+]=[N-])C2O)n(-c2cc(Cl)c3ncsc3c2C(F)(F)F)n1. The van der Waals surface area contributed by atoms with Crippen molar-refractivity contribution in [1.82, 2.24) is 19.7 Å². The van der Waals surface area contributed by atoms with E-state index in [2.05, 4.69) is 25.1 Å². The van der Waals surface area contributed by atoms with Gasteiger partial charge >= 0.3 is 6.18 Å². The monoisotopic (exact) mass is 593 g/mol. The lowest BCUT2D eigenvalue weighted by Gasteiger charge is -2.46. The zero-order valence-electron chi connectivity index (χ0n) is 20.4. The number of ether oxygens (including phenoxy) is 3. The molecule has 1 N–H and O–H groups in total. The third kappa shape index (κ3) is 4.59. The van der Waals surface area contributed by atoms with E-state index in [-0.39, 0.29) is 33.5 Å². The average molecular weight is 594 g/mol. The van der Waals surface area contributed by atoms with Gasteiger partial charge in [0.05, 0.1) is 39.7 Å². The van der Waals surface area contributed by atoms with Gasteiger partial charge in [-0.15, -0.1) is 11.3 Å². The highest BCUT2D eigenvalue weighted by atomic mass is 35.5. The average Bonchev–Trinajstić information content (AvgIpc) is 3.57. The van der Waals surface area contributed by atoms with Crippen LogP contribution in [0.15, 0.2) is 47.0 Å². The number of aliphatic hydroxyl groups excluding tert-OH is 1. The van der Waals surface area contributed by atoms with E-state index >= 15 is 0 Å². The number of nitrogens with zero attached hydrogens (tertiary/aromatic N) is 7. The Balaban J connectivity index is 1.42. The number of alkyl halides is 3. The molecule has 0 aliphatic carbocycles. The number of hydrogen-bond donors (Lipinski definition) is 1. The van der Waals surface area contributed by atoms with Gasteiger partial charge in [-0.2, -0.15) is 18.3 Å². The summed E-state index contributed by atoms with van der Waals surface area (Å²) in [6.45, 7) is 1.48. The van der Waals surface area contributed by atoms with Gasteiger partial charge in [0.2, 0.25) is 0 Å². The second-order valence-corrected chi connectivity index (χ2v) is 10.4. The van der Waals surface area contributed by atoms with Crippen LogP contribution in [0.25, 0.3) is 26.3 Å². The fraction of sp³-hybridized carbons (Fsp3) is 0.375. The molecule has 6 atom stereocenters. The lowest BCUT2D eigenvalue weighted by Crippen LogP contribution is -2.58. The van der Waals surface area contributed by atoms with Crippen molar-refractivity contribution in [2.45, 2.75) is 49.8 Å². The Kier molecular flexibility index (Phi) is 6.91. The second-order valence-electron chi connectivity index (χ2n) is 9.17. The number of aromatic nitrogens is 4. The van der Waals surface area contributed by atoms with E-state index in [4.69, 9.17) is 25.8 Å². The number of aliphatic hydroxyl groups is 1. The van der Waals surface area contributed by atoms with Gasteiger partial charge in [-0.25, -0.2) is 14.6 Å². The molecule has 0 spiro atoms. The Bertz CT molecular complexity index is 1610. The predicted molar refractivity (Wildman–Crippen MR) is 136 cm³/mol. The number of fused-ring (bicyclic) bond motifs is 2. The molecule has 2 aromatic heterocycles. The van der Waals surface area contributed by atoms with Crippen molar-refractivity contribution in [1.29, 1.82) is 0 Å². The first-order valence-electron chi connectivity index (χ1n) is 11.9. The van der Waals surface area contributed by atoms with Gasteiger partial charge in [0.15, 0.2) is 12.1 Å². The highest BCUT2D eigenvalue weighted by Crippen LogP contribution is 2.45. The summed E-state index contributed by atoms with van der Waals surface area (Å²) in [5.74, 6) is -0.0283. The largest absolute Gasteiger partial charge is 0.419 e. The van der Waals surface area contributed by atoms with E-state index in [1.165, 1.54) is 12.4 Å². The van der Waals surface area contributed by atoms with E-state index in [1.807, 2.05) is 18.2 Å². The highest BCUT2D eigenvalue weighted by Gasteiger charge is 2.51. The molecule has 2 aliphatic rings. The number of azide groups is 1. The van der Waals surface area contributed by atoms with Crippen LogP contribution >= 0.6 is 22.9 Å². The molecule has 0 radical (unpaired) electrons. The Morgan fingerprint density at radius 2 is 2.02 bits per heavy atom. The van der Waals surface area contributed by atoms with Crippen LogP contribution < -0.4 is 0 Å². The van der Waals surface area contributed by atoms with Crippen molar-refractivity contribution in [3.05, 3.63) is 80.1 Å². The molecule has 0 amide bonds. The van der Waals surface area contributed by atoms with Crippen molar-refractivity contribution in [3.63, 3.8) is 0 Å². The van der Waals surface area contributed by atoms with E-state index in [9.17, 15) is 23.8 Å². The summed E-state index contributed by atoms with van der Waals surface area (Å²) in [5, 5.41) is 19.3. The zero-order valence-corrected chi connectivity index (χ0v) is 22.0. The van der Waals surface area contributed by atoms with Gasteiger partial charge in [0.1, 0.15) is 35.2 Å². The van der Waals surface area contributed by atoms with Crippen molar-refractivity contribution in [2.75, 3.05) is 6.61 Å². The summed E-state index contributed by atoms with van der Waals surface area (Å²) in [5.41, 5.74) is 9.85. The van der Waals surface area contributed by atoms with Crippen LogP contribution in [0.2, 0.25) is 5.02 Å². The maximum absolute atomic E-state index is 14.4. The van der Waals surface area contributed by atoms with E-state index in [1.54, 1.807) is 12.1 Å². The molecule has 40 heavy (non-hydrogen) atoms. The van der Waals surface area contributed by atoms with Crippen LogP contribution in [0.4, 0.5) is 13.2 Å². The number of hydrogen-bond acceptors (Lipinski definition) is 9. The first-order valence-corrected chi connectivity index (χ1v) is 13.2. The molecule has 208 valence electrons. The first-order chi connectivity index (χ1) is 19.2. The van der Waals surface area contributed by atoms with Crippen molar-refractivity contribution in [2.24, 2.45) is 5.11 Å². The summed E-state index contributed by atoms with van der Waals surface area (Å²) in [7, 11) is 0. The molecule has 2 aromatic carbocycles. The molecule has 4 aromatic rings. The molecule has 4 heterocycles. The smallest absolute Gasteiger partial charge is 0.389 e. The zero-order chi connectivity index (χ0) is 28.2. The van der Waals surface area contributed by atoms with Crippen LogP contribution in [0.3, 0.4) is 0 Å². The van der Waals surface area contributed by atoms with Crippen molar-refractivity contribution >= 4 is 33.2 Å². The minimum Gasteiger partial charge on any atom is -0.389 e. The van der Waals surface area contributed by atoms with E-state index in [0.29, 0.717) is 5.56 Å². The highest BCUT2D eigenvalue weighted by molar-refractivity contribution is 7.17. The molecular weight excluding hydrogens is 575 g/mol. The summed E-state index contributed by atoms with van der Waals surface area (Å²) >= 11 is 7.10. The van der Waals surface area contributed by atoms with Crippen LogP contribution in [0.5, 0.6) is 0 Å². The topological polar surface area (TPSA) is 140 Å². The minimum atomic E-state index is -4.80. The van der Waals surface area contributed by atoms with Gasteiger partial charge < -0.3 is 19.3 Å². The number of thiazole rings is 1. The molecule has 2 fully saturated rings. The van der Waals surface area contributed by atoms with Crippen molar-refractivity contribution in [3.8, 4) is 5.69 Å². The number of benzene rings is 2. The standard InChI is InChI=1S/C24H19ClF3N7O4S/c1-10-31-22(35(33-10)13-7-12(25)16-21(40-9-30-16)15(13)24(26,27)28)20-18(36)17(32-34-29)19-14(38-20)8-37-23(39-19)11-5-3-2-4-6-11/h2-7,9,14,17-20,23,36H,8H2,1H3/t14?,17?,18?,19-,20+,23?/m0/s1. The van der Waals surface area contributed by atoms with Crippen LogP contribution in [-0.2, 0) is 20.4 Å². The molecule has 16 heteroatoms. The molecule has 0 saturated carbocycles. The maximum atomic E-state index is 14.4. The number of halogens is 4. The number of rotatable bonds is 4. The third-order valence-corrected chi connectivity index (χ3v) is 7.81. The molecule has 2 saturated heterocycles. The fourth-order valence-corrected chi connectivity index (χ4v) is 6.18. The van der Waals surface area contributed by atoms with Gasteiger partial charge in [0, 0.05) is 10.5 Å². The van der Waals surface area contributed by atoms with E-state index in [0.717, 1.165) is 22.1 Å². The van der Waals surface area contributed by atoms with Gasteiger partial charge in [-0.3, -0.25) is 0 Å². The lowest BCUT2D eigenvalue weighted by molar-refractivity contribution is -0.309. The molecule has 0 bridgehead atoms. The third-order valence-electron chi connectivity index (χ3n) is 6.68. The van der Waals surface area contributed by atoms with E-state index < -0.39 is 54.2 Å². The normalized spacial score (nSPS) is 26.9. The summed E-state index contributed by atoms with van der Waals surface area (Å²) in [6, 6.07) is 8.96. The Labute approximate surface area is 232 Å². The molecule has 6 rings (SSSR count). The predicted octanol–water partition coefficient (Wildman–Crippen LogP) is 5.45. The molecule has 4 unspecified atom stereocenters. The second kappa shape index (κ2) is 10.3. The Morgan fingerprint density at radius 3 is 2.75 bits per heavy atom. The van der Waals surface area contributed by atoms with Gasteiger partial charge in [-0.05, 0) is 18.5 Å². The molecule has 11 nitrogen and oxygen atoms in total. The Hall–Kier alpha value is -3.30. The van der Waals surface area contributed by atoms with Crippen molar-refractivity contribution < 1.29 is 32.5 Å². The molecule has 2 aliphatic heterocycles. The summed E-state index contributed by atoms with van der Waals surface area (Å²) in [6.07, 6.45) is -10.3. The summed E-state index contributed by atoms with van der Waals surface area (Å²) in [4.78, 5) is 11.1. The summed E-state index contributed by atoms with van der Waals surface area (Å²) < 4.78 is 62.0. The first kappa shape index (κ1) is 26.9.